The molecule has 2 aliphatic heterocycles. The van der Waals surface area contributed by atoms with Crippen LogP contribution in [0.2, 0.25) is 0 Å². The van der Waals surface area contributed by atoms with Crippen molar-refractivity contribution in [2.45, 2.75) is 49.4 Å². The summed E-state index contributed by atoms with van der Waals surface area (Å²) in [5.41, 5.74) is 2.27. The number of carboxylic acid groups (broad SMARTS) is 1. The number of H-pyrrole nitrogens is 1. The van der Waals surface area contributed by atoms with Crippen LogP contribution in [0.15, 0.2) is 34.1 Å². The molecule has 1 aromatic heterocycles. The number of aromatic amines is 1. The van der Waals surface area contributed by atoms with Crippen molar-refractivity contribution in [3.05, 3.63) is 44.4 Å². The van der Waals surface area contributed by atoms with E-state index in [4.69, 9.17) is 0 Å². The zero-order valence-corrected chi connectivity index (χ0v) is 22.0. The van der Waals surface area contributed by atoms with Gasteiger partial charge in [0.15, 0.2) is 0 Å². The summed E-state index contributed by atoms with van der Waals surface area (Å²) in [7, 11) is 0. The molecular weight excluding hydrogens is 498 g/mol. The SMILES string of the molecule is CCN(CC)c1ccc([C@H]2c3sc(=O)[nH]c3S[C@@H]3[C@H]4C[C@@H]([C@@H]5C(=O)N([C@H](C)C(=O)O)C(=O)[C@H]45)[C@H]23)cc1. The van der Waals surface area contributed by atoms with Crippen molar-refractivity contribution in [3.8, 4) is 0 Å². The van der Waals surface area contributed by atoms with Crippen LogP contribution in [-0.2, 0) is 14.4 Å². The number of thiazole rings is 1. The Morgan fingerprint density at radius 3 is 2.36 bits per heavy atom. The number of likely N-dealkylation sites (tertiary alicyclic amines) is 1. The van der Waals surface area contributed by atoms with Gasteiger partial charge < -0.3 is 15.0 Å². The minimum atomic E-state index is -1.17. The first-order chi connectivity index (χ1) is 17.3. The topological polar surface area (TPSA) is 111 Å². The summed E-state index contributed by atoms with van der Waals surface area (Å²) in [6, 6.07) is 7.38. The van der Waals surface area contributed by atoms with Crippen LogP contribution >= 0.6 is 23.1 Å². The minimum absolute atomic E-state index is 0.00792. The van der Waals surface area contributed by atoms with Gasteiger partial charge in [-0.3, -0.25) is 19.3 Å². The van der Waals surface area contributed by atoms with E-state index in [9.17, 15) is 24.3 Å². The van der Waals surface area contributed by atoms with Gasteiger partial charge in [-0.15, -0.1) is 11.8 Å². The Morgan fingerprint density at radius 1 is 1.11 bits per heavy atom. The monoisotopic (exact) mass is 527 g/mol. The highest BCUT2D eigenvalue weighted by atomic mass is 32.2. The zero-order valence-electron chi connectivity index (χ0n) is 20.3. The third-order valence-electron chi connectivity index (χ3n) is 8.88. The Bertz CT molecular complexity index is 1300. The second-order valence-corrected chi connectivity index (χ2v) is 12.5. The number of hydrogen-bond donors (Lipinski definition) is 2. The van der Waals surface area contributed by atoms with Gasteiger partial charge in [-0.2, -0.15) is 0 Å². The third kappa shape index (κ3) is 3.19. The summed E-state index contributed by atoms with van der Waals surface area (Å²) in [6.45, 7) is 7.50. The largest absolute Gasteiger partial charge is 0.480 e. The highest BCUT2D eigenvalue weighted by molar-refractivity contribution is 8.00. The van der Waals surface area contributed by atoms with E-state index in [1.54, 1.807) is 11.8 Å². The van der Waals surface area contributed by atoms with Crippen molar-refractivity contribution >= 4 is 46.6 Å². The average Bonchev–Trinajstić information content (AvgIpc) is 3.58. The quantitative estimate of drug-likeness (QED) is 0.555. The molecule has 2 N–H and O–H groups in total. The van der Waals surface area contributed by atoms with Gasteiger partial charge in [0, 0.05) is 34.8 Å². The smallest absolute Gasteiger partial charge is 0.326 e. The van der Waals surface area contributed by atoms with Crippen LogP contribution in [-0.4, -0.2) is 57.2 Å². The maximum absolute atomic E-state index is 13.5. The predicted molar refractivity (Wildman–Crippen MR) is 137 cm³/mol. The number of anilines is 1. The first-order valence-electron chi connectivity index (χ1n) is 12.6. The molecule has 1 aromatic carbocycles. The normalized spacial score (nSPS) is 32.9. The number of carbonyl (C=O) groups excluding carboxylic acids is 2. The Hall–Kier alpha value is -2.59. The van der Waals surface area contributed by atoms with Crippen LogP contribution in [0.4, 0.5) is 5.69 Å². The number of aliphatic carboxylic acids is 1. The molecule has 10 heteroatoms. The van der Waals surface area contributed by atoms with Gasteiger partial charge in [0.05, 0.1) is 16.9 Å². The predicted octanol–water partition coefficient (Wildman–Crippen LogP) is 3.23. The fraction of sp³-hybridized carbons (Fsp3) is 0.538. The second-order valence-electron chi connectivity index (χ2n) is 10.3. The maximum Gasteiger partial charge on any atom is 0.326 e. The Balaban J connectivity index is 1.41. The number of nitrogens with one attached hydrogen (secondary N) is 1. The van der Waals surface area contributed by atoms with E-state index in [2.05, 4.69) is 48.0 Å². The fourth-order valence-electron chi connectivity index (χ4n) is 7.39. The van der Waals surface area contributed by atoms with Crippen molar-refractivity contribution in [2.24, 2.45) is 29.6 Å². The van der Waals surface area contributed by atoms with E-state index in [-0.39, 0.29) is 45.6 Å². The lowest BCUT2D eigenvalue weighted by Gasteiger charge is -2.43. The zero-order chi connectivity index (χ0) is 25.5. The number of amides is 2. The Labute approximate surface area is 217 Å². The molecule has 1 saturated heterocycles. The number of aromatic nitrogens is 1. The molecule has 4 aliphatic rings. The molecule has 0 radical (unpaired) electrons. The number of benzene rings is 1. The van der Waals surface area contributed by atoms with E-state index in [1.807, 2.05) is 0 Å². The van der Waals surface area contributed by atoms with Crippen LogP contribution in [0.3, 0.4) is 0 Å². The number of carbonyl (C=O) groups is 3. The molecule has 3 heterocycles. The summed E-state index contributed by atoms with van der Waals surface area (Å²) < 4.78 is 0. The number of nitrogens with zero attached hydrogens (tertiary/aromatic N) is 2. The highest BCUT2D eigenvalue weighted by Gasteiger charge is 2.70. The molecule has 8 atom stereocenters. The lowest BCUT2D eigenvalue weighted by atomic mass is 9.68. The fourth-order valence-corrected chi connectivity index (χ4v) is 10.3. The van der Waals surface area contributed by atoms with Crippen LogP contribution < -0.4 is 9.77 Å². The van der Waals surface area contributed by atoms with Gasteiger partial charge in [0.25, 0.3) is 0 Å². The van der Waals surface area contributed by atoms with E-state index >= 15 is 0 Å². The van der Waals surface area contributed by atoms with Crippen LogP contribution in [0.5, 0.6) is 0 Å². The molecule has 2 aromatic rings. The number of imide groups is 1. The van der Waals surface area contributed by atoms with E-state index in [1.165, 1.54) is 18.3 Å². The molecular formula is C26H29N3O5S2. The number of thioether (sulfide) groups is 1. The number of carboxylic acids is 1. The molecule has 8 nitrogen and oxygen atoms in total. The van der Waals surface area contributed by atoms with E-state index < -0.39 is 23.8 Å². The summed E-state index contributed by atoms with van der Waals surface area (Å²) >= 11 is 2.88. The molecule has 2 amide bonds. The first kappa shape index (κ1) is 23.8. The number of hydrogen-bond acceptors (Lipinski definition) is 7. The molecule has 2 bridgehead atoms. The lowest BCUT2D eigenvalue weighted by molar-refractivity contribution is -0.154. The summed E-state index contributed by atoms with van der Waals surface area (Å²) in [5.74, 6) is -2.72. The highest BCUT2D eigenvalue weighted by Crippen LogP contribution is 2.68. The number of fused-ring (bicyclic) bond motifs is 9. The van der Waals surface area contributed by atoms with Gasteiger partial charge in [-0.1, -0.05) is 23.5 Å². The minimum Gasteiger partial charge on any atom is -0.480 e. The van der Waals surface area contributed by atoms with Gasteiger partial charge in [0.2, 0.25) is 11.8 Å². The van der Waals surface area contributed by atoms with Gasteiger partial charge in [-0.25, -0.2) is 4.79 Å². The summed E-state index contributed by atoms with van der Waals surface area (Å²) in [6.07, 6.45) is 0.789. The molecule has 3 fully saturated rings. The van der Waals surface area contributed by atoms with Crippen molar-refractivity contribution < 1.29 is 19.5 Å². The van der Waals surface area contributed by atoms with Crippen molar-refractivity contribution in [1.82, 2.24) is 9.88 Å². The lowest BCUT2D eigenvalue weighted by Crippen LogP contribution is -2.44. The third-order valence-corrected chi connectivity index (χ3v) is 11.5. The Kier molecular flexibility index (Phi) is 5.60. The van der Waals surface area contributed by atoms with Gasteiger partial charge in [-0.05, 0) is 62.6 Å². The number of rotatable bonds is 6. The van der Waals surface area contributed by atoms with E-state index in [0.29, 0.717) is 0 Å². The summed E-state index contributed by atoms with van der Waals surface area (Å²) in [4.78, 5) is 58.1. The second kappa shape index (κ2) is 8.48. The Morgan fingerprint density at radius 2 is 1.75 bits per heavy atom. The summed E-state index contributed by atoms with van der Waals surface area (Å²) in [5, 5.41) is 10.5. The molecule has 6 rings (SSSR count). The molecule has 2 aliphatic carbocycles. The average molecular weight is 528 g/mol. The van der Waals surface area contributed by atoms with Crippen LogP contribution in [0.1, 0.15) is 43.6 Å². The molecule has 2 saturated carbocycles. The van der Waals surface area contributed by atoms with E-state index in [0.717, 1.165) is 45.6 Å². The molecule has 190 valence electrons. The molecule has 36 heavy (non-hydrogen) atoms. The maximum atomic E-state index is 13.5. The van der Waals surface area contributed by atoms with Crippen LogP contribution in [0.25, 0.3) is 0 Å². The van der Waals surface area contributed by atoms with Gasteiger partial charge in [0.1, 0.15) is 6.04 Å². The standard InChI is InChI=1S/C26H29N3O5S2/c1-4-28(5-2)13-8-6-12(7-9-13)16-17-14-10-15(20(17)35-22-21(16)36-26(34)27-22)19-18(14)23(30)29(24(19)31)11(3)25(32)33/h6-9,11,14-20H,4-5,10H2,1-3H3,(H,27,34)(H,32,33)/t11-,14-,15+,16-,17-,18+,19-,20-/m1/s1. The first-order valence-corrected chi connectivity index (χ1v) is 14.3. The van der Waals surface area contributed by atoms with Crippen molar-refractivity contribution in [2.75, 3.05) is 18.0 Å². The molecule has 0 spiro atoms. The van der Waals surface area contributed by atoms with Crippen LogP contribution in [0, 0.1) is 29.6 Å². The van der Waals surface area contributed by atoms with Gasteiger partial charge >= 0.3 is 10.8 Å². The van der Waals surface area contributed by atoms with Crippen molar-refractivity contribution in [1.29, 1.82) is 0 Å². The van der Waals surface area contributed by atoms with Crippen molar-refractivity contribution in [3.63, 3.8) is 0 Å². The molecule has 0 unspecified atom stereocenters.